The Bertz CT molecular complexity index is 386. The van der Waals surface area contributed by atoms with E-state index in [0.29, 0.717) is 0 Å². The van der Waals surface area contributed by atoms with Gasteiger partial charge in [-0.15, -0.1) is 0 Å². The smallest absolute Gasteiger partial charge is 0.0193 e. The Morgan fingerprint density at radius 1 is 1.29 bits per heavy atom. The topological polar surface area (TPSA) is 0 Å². The van der Waals surface area contributed by atoms with Gasteiger partial charge in [0.15, 0.2) is 0 Å². The Morgan fingerprint density at radius 2 is 1.93 bits per heavy atom. The monoisotopic (exact) mass is 204 g/mol. The van der Waals surface area contributed by atoms with Crippen LogP contribution in [0.25, 0.3) is 6.08 Å². The van der Waals surface area contributed by atoms with Crippen molar-refractivity contribution in [1.82, 2.24) is 0 Å². The minimum Gasteiger partial charge on any atom is -0.0871 e. The molecule has 0 N–H and O–H groups in total. The van der Waals surface area contributed by atoms with Gasteiger partial charge in [0, 0.05) is 4.86 Å². The summed E-state index contributed by atoms with van der Waals surface area (Å²) in [6.07, 6.45) is 4.19. The molecule has 0 saturated heterocycles. The fraction of sp³-hybridized carbons (Fsp3) is 0.308. The van der Waals surface area contributed by atoms with Crippen LogP contribution in [0, 0.1) is 13.8 Å². The molecule has 0 fully saturated rings. The van der Waals surface area contributed by atoms with Crippen LogP contribution in [0.4, 0.5) is 0 Å². The maximum absolute atomic E-state index is 5.18. The van der Waals surface area contributed by atoms with E-state index in [1.807, 2.05) is 13.8 Å². The van der Waals surface area contributed by atoms with Crippen LogP contribution in [0.5, 0.6) is 0 Å². The molecule has 0 spiro atoms. The number of hydrogen-bond acceptors (Lipinski definition) is 1. The van der Waals surface area contributed by atoms with Crippen LogP contribution in [0.15, 0.2) is 18.2 Å². The summed E-state index contributed by atoms with van der Waals surface area (Å²) in [5.74, 6) is 0. The molecule has 1 heteroatoms. The largest absolute Gasteiger partial charge is 0.0871 e. The molecular weight excluding hydrogens is 188 g/mol. The van der Waals surface area contributed by atoms with Crippen molar-refractivity contribution in [3.63, 3.8) is 0 Å². The molecule has 0 unspecified atom stereocenters. The number of benzene rings is 1. The van der Waals surface area contributed by atoms with Gasteiger partial charge in [-0.3, -0.25) is 0 Å². The van der Waals surface area contributed by atoms with Crippen molar-refractivity contribution in [1.29, 1.82) is 0 Å². The van der Waals surface area contributed by atoms with Crippen molar-refractivity contribution in [3.8, 4) is 0 Å². The van der Waals surface area contributed by atoms with Crippen LogP contribution in [0.3, 0.4) is 0 Å². The molecule has 0 saturated carbocycles. The average Bonchev–Trinajstić information content (AvgIpc) is 2.12. The standard InChI is InChI=1S/C13H16S/c1-5-6-12-8-13(11(4)14)7-9(2)10(12)3/h5-8H,1-4H3/b6-5-. The molecule has 0 nitrogen and oxygen atoms in total. The zero-order chi connectivity index (χ0) is 10.7. The molecule has 0 aliphatic heterocycles. The zero-order valence-electron chi connectivity index (χ0n) is 9.22. The SMILES string of the molecule is C/C=C\c1cc(C(C)=S)cc(C)c1C. The second-order valence-corrected chi connectivity index (χ2v) is 4.18. The second kappa shape index (κ2) is 4.52. The normalized spacial score (nSPS) is 10.9. The van der Waals surface area contributed by atoms with Crippen molar-refractivity contribution >= 4 is 23.2 Å². The van der Waals surface area contributed by atoms with Crippen molar-refractivity contribution in [2.24, 2.45) is 0 Å². The molecule has 0 radical (unpaired) electrons. The third-order valence-corrected chi connectivity index (χ3v) is 2.70. The Hall–Kier alpha value is -0.950. The number of thiocarbonyl (C=S) groups is 1. The molecule has 74 valence electrons. The van der Waals surface area contributed by atoms with Crippen LogP contribution >= 0.6 is 12.2 Å². The lowest BCUT2D eigenvalue weighted by Crippen LogP contribution is -1.95. The van der Waals surface area contributed by atoms with E-state index in [2.05, 4.69) is 38.1 Å². The van der Waals surface area contributed by atoms with E-state index < -0.39 is 0 Å². The molecule has 1 aromatic carbocycles. The summed E-state index contributed by atoms with van der Waals surface area (Å²) < 4.78 is 0. The maximum atomic E-state index is 5.18. The first-order chi connectivity index (χ1) is 6.56. The molecule has 0 amide bonds. The van der Waals surface area contributed by atoms with E-state index in [9.17, 15) is 0 Å². The minimum absolute atomic E-state index is 0.957. The van der Waals surface area contributed by atoms with E-state index in [-0.39, 0.29) is 0 Å². The van der Waals surface area contributed by atoms with Crippen LogP contribution in [0.1, 0.15) is 36.1 Å². The van der Waals surface area contributed by atoms with Gasteiger partial charge in [0.05, 0.1) is 0 Å². The lowest BCUT2D eigenvalue weighted by molar-refractivity contribution is 1.32. The van der Waals surface area contributed by atoms with Gasteiger partial charge in [0.25, 0.3) is 0 Å². The number of rotatable bonds is 2. The van der Waals surface area contributed by atoms with E-state index in [0.717, 1.165) is 10.4 Å². The van der Waals surface area contributed by atoms with Gasteiger partial charge >= 0.3 is 0 Å². The van der Waals surface area contributed by atoms with Crippen LogP contribution < -0.4 is 0 Å². The third-order valence-electron chi connectivity index (χ3n) is 2.46. The number of aryl methyl sites for hydroxylation is 1. The summed E-state index contributed by atoms with van der Waals surface area (Å²) in [4.78, 5) is 0.957. The van der Waals surface area contributed by atoms with Crippen LogP contribution in [-0.2, 0) is 0 Å². The highest BCUT2D eigenvalue weighted by molar-refractivity contribution is 7.80. The summed E-state index contributed by atoms with van der Waals surface area (Å²) >= 11 is 5.18. The minimum atomic E-state index is 0.957. The van der Waals surface area contributed by atoms with Crippen LogP contribution in [0.2, 0.25) is 0 Å². The van der Waals surface area contributed by atoms with Gasteiger partial charge in [0.2, 0.25) is 0 Å². The third kappa shape index (κ3) is 2.30. The molecule has 0 aromatic heterocycles. The van der Waals surface area contributed by atoms with E-state index in [1.54, 1.807) is 0 Å². The van der Waals surface area contributed by atoms with E-state index in [1.165, 1.54) is 16.7 Å². The van der Waals surface area contributed by atoms with Crippen molar-refractivity contribution in [2.45, 2.75) is 27.7 Å². The van der Waals surface area contributed by atoms with Gasteiger partial charge in [-0.2, -0.15) is 0 Å². The quantitative estimate of drug-likeness (QED) is 0.517. The lowest BCUT2D eigenvalue weighted by Gasteiger charge is -2.08. The highest BCUT2D eigenvalue weighted by Crippen LogP contribution is 2.18. The second-order valence-electron chi connectivity index (χ2n) is 3.56. The number of allylic oxidation sites excluding steroid dienone is 1. The van der Waals surface area contributed by atoms with E-state index in [4.69, 9.17) is 12.2 Å². The van der Waals surface area contributed by atoms with Gasteiger partial charge in [-0.25, -0.2) is 0 Å². The first-order valence-corrected chi connectivity index (χ1v) is 5.22. The summed E-state index contributed by atoms with van der Waals surface area (Å²) in [5.41, 5.74) is 5.07. The van der Waals surface area contributed by atoms with Gasteiger partial charge in [0.1, 0.15) is 0 Å². The number of hydrogen-bond donors (Lipinski definition) is 0. The van der Waals surface area contributed by atoms with Gasteiger partial charge in [-0.05, 0) is 56.0 Å². The molecule has 0 aliphatic rings. The summed E-state index contributed by atoms with van der Waals surface area (Å²) in [5, 5.41) is 0. The molecule has 0 atom stereocenters. The predicted molar refractivity (Wildman–Crippen MR) is 68.0 cm³/mol. The fourth-order valence-electron chi connectivity index (χ4n) is 1.44. The molecule has 14 heavy (non-hydrogen) atoms. The van der Waals surface area contributed by atoms with Crippen molar-refractivity contribution < 1.29 is 0 Å². The Morgan fingerprint density at radius 3 is 2.43 bits per heavy atom. The summed E-state index contributed by atoms with van der Waals surface area (Å²) in [6, 6.07) is 4.31. The molecule has 1 aromatic rings. The predicted octanol–water partition coefficient (Wildman–Crippen LogP) is 4.07. The Kier molecular flexibility index (Phi) is 3.59. The van der Waals surface area contributed by atoms with E-state index >= 15 is 0 Å². The summed E-state index contributed by atoms with van der Waals surface area (Å²) in [7, 11) is 0. The zero-order valence-corrected chi connectivity index (χ0v) is 10.0. The maximum Gasteiger partial charge on any atom is 0.0193 e. The first-order valence-electron chi connectivity index (χ1n) is 4.81. The molecular formula is C13H16S. The molecule has 0 heterocycles. The van der Waals surface area contributed by atoms with Gasteiger partial charge < -0.3 is 0 Å². The van der Waals surface area contributed by atoms with Crippen molar-refractivity contribution in [2.75, 3.05) is 0 Å². The van der Waals surface area contributed by atoms with Crippen LogP contribution in [-0.4, -0.2) is 4.86 Å². The summed E-state index contributed by atoms with van der Waals surface area (Å²) in [6.45, 7) is 8.28. The highest BCUT2D eigenvalue weighted by atomic mass is 32.1. The Labute approximate surface area is 91.7 Å². The molecule has 1 rings (SSSR count). The average molecular weight is 204 g/mol. The Balaban J connectivity index is 3.35. The molecule has 0 bridgehead atoms. The fourth-order valence-corrected chi connectivity index (χ4v) is 1.56. The highest BCUT2D eigenvalue weighted by Gasteiger charge is 2.02. The van der Waals surface area contributed by atoms with Gasteiger partial charge in [-0.1, -0.05) is 30.4 Å². The molecule has 0 aliphatic carbocycles. The first kappa shape index (κ1) is 11.1. The van der Waals surface area contributed by atoms with Crippen molar-refractivity contribution in [3.05, 3.63) is 40.5 Å². The lowest BCUT2D eigenvalue weighted by atomic mass is 9.98.